The first-order chi connectivity index (χ1) is 10.9. The fourth-order valence-electron chi connectivity index (χ4n) is 2.40. The summed E-state index contributed by atoms with van der Waals surface area (Å²) in [5.41, 5.74) is 1.46. The van der Waals surface area contributed by atoms with Crippen molar-refractivity contribution in [2.45, 2.75) is 17.9 Å². The van der Waals surface area contributed by atoms with E-state index < -0.39 is 22.1 Å². The van der Waals surface area contributed by atoms with E-state index in [0.717, 1.165) is 14.3 Å². The average Bonchev–Trinajstić information content (AvgIpc) is 2.91. The summed E-state index contributed by atoms with van der Waals surface area (Å²) in [5, 5.41) is 2.58. The van der Waals surface area contributed by atoms with Crippen LogP contribution in [0.2, 0.25) is 0 Å². The molecule has 0 saturated carbocycles. The molecule has 0 aliphatic carbocycles. The summed E-state index contributed by atoms with van der Waals surface area (Å²) in [6.07, 6.45) is 1.58. The highest BCUT2D eigenvalue weighted by molar-refractivity contribution is 9.10. The van der Waals surface area contributed by atoms with E-state index in [9.17, 15) is 13.2 Å². The predicted molar refractivity (Wildman–Crippen MR) is 88.3 cm³/mol. The van der Waals surface area contributed by atoms with Crippen molar-refractivity contribution in [2.24, 2.45) is 0 Å². The van der Waals surface area contributed by atoms with Gasteiger partial charge in [0.25, 0.3) is 10.0 Å². The van der Waals surface area contributed by atoms with Crippen LogP contribution in [0.1, 0.15) is 17.3 Å². The van der Waals surface area contributed by atoms with Crippen molar-refractivity contribution in [1.29, 1.82) is 0 Å². The third-order valence-corrected chi connectivity index (χ3v) is 5.87. The first-order valence-electron chi connectivity index (χ1n) is 6.90. The molecule has 0 radical (unpaired) electrons. The van der Waals surface area contributed by atoms with Crippen molar-refractivity contribution in [3.63, 3.8) is 0 Å². The largest absolute Gasteiger partial charge is 0.335 e. The topological polar surface area (TPSA) is 79.4 Å². The van der Waals surface area contributed by atoms with E-state index in [4.69, 9.17) is 0 Å². The lowest BCUT2D eigenvalue weighted by Gasteiger charge is -2.22. The van der Waals surface area contributed by atoms with Crippen LogP contribution in [-0.4, -0.2) is 30.3 Å². The van der Waals surface area contributed by atoms with Gasteiger partial charge in [0.05, 0.1) is 10.6 Å². The molecule has 1 saturated heterocycles. The molecule has 2 aromatic rings. The second-order valence-electron chi connectivity index (χ2n) is 5.22. The molecule has 0 bridgehead atoms. The molecule has 23 heavy (non-hydrogen) atoms. The van der Waals surface area contributed by atoms with Crippen molar-refractivity contribution in [1.82, 2.24) is 14.6 Å². The predicted octanol–water partition coefficient (Wildman–Crippen LogP) is 2.61. The number of sulfonamides is 1. The summed E-state index contributed by atoms with van der Waals surface area (Å²) in [4.78, 5) is 16.4. The molecule has 1 aliphatic rings. The van der Waals surface area contributed by atoms with E-state index in [0.29, 0.717) is 5.69 Å². The summed E-state index contributed by atoms with van der Waals surface area (Å²) in [6.45, 7) is 2.06. The number of hydrogen-bond donors (Lipinski definition) is 1. The fourth-order valence-corrected chi connectivity index (χ4v) is 4.14. The Morgan fingerprint density at radius 1 is 1.22 bits per heavy atom. The minimum Gasteiger partial charge on any atom is -0.335 e. The Morgan fingerprint density at radius 3 is 2.52 bits per heavy atom. The molecule has 1 aromatic carbocycles. The molecule has 0 spiro atoms. The number of halogens is 1. The van der Waals surface area contributed by atoms with E-state index in [1.54, 1.807) is 30.5 Å². The lowest BCUT2D eigenvalue weighted by molar-refractivity contribution is 0.231. The SMILES string of the molecule is Cc1ccc(S(=O)(=O)N2C(=O)NCC2c2ccc(Br)cn2)cc1. The second kappa shape index (κ2) is 5.93. The lowest BCUT2D eigenvalue weighted by atomic mass is 10.2. The van der Waals surface area contributed by atoms with Gasteiger partial charge in [0.2, 0.25) is 0 Å². The zero-order valence-electron chi connectivity index (χ0n) is 12.2. The van der Waals surface area contributed by atoms with Crippen LogP contribution in [0.25, 0.3) is 0 Å². The second-order valence-corrected chi connectivity index (χ2v) is 7.95. The van der Waals surface area contributed by atoms with Crippen molar-refractivity contribution in [3.8, 4) is 0 Å². The standard InChI is InChI=1S/C15H14BrN3O3S/c1-10-2-5-12(6-3-10)23(21,22)19-14(9-18-15(19)20)13-7-4-11(16)8-17-13/h2-8,14H,9H2,1H3,(H,18,20). The zero-order valence-corrected chi connectivity index (χ0v) is 14.6. The third-order valence-electron chi connectivity index (χ3n) is 3.60. The van der Waals surface area contributed by atoms with Crippen LogP contribution in [0.3, 0.4) is 0 Å². The highest BCUT2D eigenvalue weighted by Crippen LogP contribution is 2.30. The molecular formula is C15H14BrN3O3S. The number of amides is 2. The molecule has 8 heteroatoms. The number of aryl methyl sites for hydroxylation is 1. The van der Waals surface area contributed by atoms with Crippen LogP contribution in [0, 0.1) is 6.92 Å². The number of hydrogen-bond acceptors (Lipinski definition) is 4. The van der Waals surface area contributed by atoms with Gasteiger partial charge in [-0.05, 0) is 47.1 Å². The Hall–Kier alpha value is -1.93. The van der Waals surface area contributed by atoms with E-state index >= 15 is 0 Å². The Morgan fingerprint density at radius 2 is 1.91 bits per heavy atom. The van der Waals surface area contributed by atoms with Crippen molar-refractivity contribution < 1.29 is 13.2 Å². The fraction of sp³-hybridized carbons (Fsp3) is 0.200. The smallest absolute Gasteiger partial charge is 0.332 e. The number of benzene rings is 1. The van der Waals surface area contributed by atoms with Gasteiger partial charge in [0.1, 0.15) is 6.04 Å². The maximum absolute atomic E-state index is 12.8. The number of nitrogens with zero attached hydrogens (tertiary/aromatic N) is 2. The highest BCUT2D eigenvalue weighted by Gasteiger charge is 2.42. The van der Waals surface area contributed by atoms with Gasteiger partial charge in [0, 0.05) is 17.2 Å². The zero-order chi connectivity index (χ0) is 16.6. The Labute approximate surface area is 142 Å². The number of aromatic nitrogens is 1. The van der Waals surface area contributed by atoms with Crippen LogP contribution in [0.15, 0.2) is 52.0 Å². The Kier molecular flexibility index (Phi) is 4.11. The number of nitrogens with one attached hydrogen (secondary N) is 1. The quantitative estimate of drug-likeness (QED) is 0.865. The van der Waals surface area contributed by atoms with Gasteiger partial charge < -0.3 is 5.32 Å². The number of carbonyl (C=O) groups is 1. The number of carbonyl (C=O) groups excluding carboxylic acids is 1. The summed E-state index contributed by atoms with van der Waals surface area (Å²) in [7, 11) is -3.94. The van der Waals surface area contributed by atoms with Crippen LogP contribution < -0.4 is 5.32 Å². The molecule has 2 heterocycles. The van der Waals surface area contributed by atoms with Crippen molar-refractivity contribution in [2.75, 3.05) is 6.54 Å². The van der Waals surface area contributed by atoms with Crippen molar-refractivity contribution >= 4 is 32.0 Å². The molecular weight excluding hydrogens is 382 g/mol. The van der Waals surface area contributed by atoms with Crippen LogP contribution in [0.5, 0.6) is 0 Å². The maximum atomic E-state index is 12.8. The normalized spacial score (nSPS) is 18.1. The summed E-state index contributed by atoms with van der Waals surface area (Å²) < 4.78 is 27.3. The van der Waals surface area contributed by atoms with E-state index in [1.807, 2.05) is 6.92 Å². The van der Waals surface area contributed by atoms with E-state index in [1.165, 1.54) is 12.1 Å². The average molecular weight is 396 g/mol. The molecule has 1 aromatic heterocycles. The number of rotatable bonds is 3. The van der Waals surface area contributed by atoms with Gasteiger partial charge >= 0.3 is 6.03 Å². The molecule has 1 atom stereocenters. The van der Waals surface area contributed by atoms with Crippen LogP contribution in [-0.2, 0) is 10.0 Å². The Balaban J connectivity index is 2.02. The first kappa shape index (κ1) is 15.9. The Bertz CT molecular complexity index is 835. The van der Waals surface area contributed by atoms with Crippen LogP contribution >= 0.6 is 15.9 Å². The molecule has 1 N–H and O–H groups in total. The molecule has 3 rings (SSSR count). The molecule has 2 amide bonds. The van der Waals surface area contributed by atoms with E-state index in [2.05, 4.69) is 26.2 Å². The van der Waals surface area contributed by atoms with E-state index in [-0.39, 0.29) is 11.4 Å². The van der Waals surface area contributed by atoms with Crippen LogP contribution in [0.4, 0.5) is 4.79 Å². The van der Waals surface area contributed by atoms with Gasteiger partial charge in [-0.1, -0.05) is 17.7 Å². The van der Waals surface area contributed by atoms with Gasteiger partial charge in [-0.3, -0.25) is 4.98 Å². The number of pyridine rings is 1. The number of urea groups is 1. The molecule has 1 fully saturated rings. The monoisotopic (exact) mass is 395 g/mol. The highest BCUT2D eigenvalue weighted by atomic mass is 79.9. The minimum absolute atomic E-state index is 0.0854. The molecule has 120 valence electrons. The first-order valence-corrected chi connectivity index (χ1v) is 9.13. The third kappa shape index (κ3) is 2.96. The molecule has 1 aliphatic heterocycles. The molecule has 1 unspecified atom stereocenters. The summed E-state index contributed by atoms with van der Waals surface area (Å²) in [5.74, 6) is 0. The minimum atomic E-state index is -3.94. The van der Waals surface area contributed by atoms with Gasteiger partial charge in [-0.15, -0.1) is 0 Å². The summed E-state index contributed by atoms with van der Waals surface area (Å²) in [6, 6.07) is 8.57. The maximum Gasteiger partial charge on any atom is 0.332 e. The van der Waals surface area contributed by atoms with Gasteiger partial charge in [-0.2, -0.15) is 0 Å². The summed E-state index contributed by atoms with van der Waals surface area (Å²) >= 11 is 3.29. The lowest BCUT2D eigenvalue weighted by Crippen LogP contribution is -2.36. The van der Waals surface area contributed by atoms with Gasteiger partial charge in [0.15, 0.2) is 0 Å². The van der Waals surface area contributed by atoms with Gasteiger partial charge in [-0.25, -0.2) is 17.5 Å². The van der Waals surface area contributed by atoms with Crippen molar-refractivity contribution in [3.05, 3.63) is 58.3 Å². The molecule has 6 nitrogen and oxygen atoms in total.